The van der Waals surface area contributed by atoms with Gasteiger partial charge in [-0.2, -0.15) is 0 Å². The minimum atomic E-state index is -0.172. The van der Waals surface area contributed by atoms with Gasteiger partial charge >= 0.3 is 0 Å². The normalized spacial score (nSPS) is 10.7. The maximum absolute atomic E-state index is 12.6. The van der Waals surface area contributed by atoms with Crippen molar-refractivity contribution in [1.82, 2.24) is 14.5 Å². The van der Waals surface area contributed by atoms with Gasteiger partial charge in [0.05, 0.1) is 17.4 Å². The van der Waals surface area contributed by atoms with E-state index in [2.05, 4.69) is 15.3 Å². The number of para-hydroxylation sites is 1. The number of nitrogens with one attached hydrogen (secondary N) is 1. The number of carbonyl (C=O) groups excluding carboxylic acids is 1. The molecule has 5 nitrogen and oxygen atoms in total. The Balaban J connectivity index is 1.59. The number of pyridine rings is 1. The highest BCUT2D eigenvalue weighted by Gasteiger charge is 2.11. The van der Waals surface area contributed by atoms with Gasteiger partial charge in [-0.05, 0) is 36.4 Å². The second kappa shape index (κ2) is 5.96. The Hall–Kier alpha value is -3.47. The van der Waals surface area contributed by atoms with Crippen LogP contribution < -0.4 is 5.32 Å². The lowest BCUT2D eigenvalue weighted by Crippen LogP contribution is -2.12. The third-order valence-electron chi connectivity index (χ3n) is 3.81. The van der Waals surface area contributed by atoms with Crippen molar-refractivity contribution in [3.8, 4) is 5.69 Å². The number of aromatic nitrogens is 3. The standard InChI is InChI=1S/C19H14N4O/c24-19(17-5-1-3-14-4-2-10-21-18(14)17)22-15-6-8-16(9-7-15)23-12-11-20-13-23/h1-13H,(H,22,24). The van der Waals surface area contributed by atoms with E-state index in [0.717, 1.165) is 16.8 Å². The maximum atomic E-state index is 12.6. The summed E-state index contributed by atoms with van der Waals surface area (Å²) in [6, 6.07) is 17.0. The summed E-state index contributed by atoms with van der Waals surface area (Å²) in [5, 5.41) is 3.86. The third-order valence-corrected chi connectivity index (χ3v) is 3.81. The van der Waals surface area contributed by atoms with Gasteiger partial charge in [0.2, 0.25) is 0 Å². The molecule has 0 aliphatic heterocycles. The second-order valence-corrected chi connectivity index (χ2v) is 5.35. The van der Waals surface area contributed by atoms with Crippen molar-refractivity contribution in [1.29, 1.82) is 0 Å². The van der Waals surface area contributed by atoms with Crippen molar-refractivity contribution in [2.75, 3.05) is 5.32 Å². The van der Waals surface area contributed by atoms with Gasteiger partial charge in [-0.3, -0.25) is 9.78 Å². The number of carbonyl (C=O) groups is 1. The zero-order valence-corrected chi connectivity index (χ0v) is 12.8. The first-order chi connectivity index (χ1) is 11.8. The lowest BCUT2D eigenvalue weighted by molar-refractivity contribution is 0.102. The topological polar surface area (TPSA) is 59.8 Å². The van der Waals surface area contributed by atoms with Crippen LogP contribution in [-0.4, -0.2) is 20.4 Å². The molecule has 116 valence electrons. The molecule has 0 unspecified atom stereocenters. The Bertz CT molecular complexity index is 986. The molecule has 4 rings (SSSR count). The zero-order chi connectivity index (χ0) is 16.4. The number of amides is 1. The average molecular weight is 314 g/mol. The van der Waals surface area contributed by atoms with Gasteiger partial charge in [-0.25, -0.2) is 4.98 Å². The summed E-state index contributed by atoms with van der Waals surface area (Å²) in [6.45, 7) is 0. The molecule has 24 heavy (non-hydrogen) atoms. The van der Waals surface area contributed by atoms with E-state index in [9.17, 15) is 4.79 Å². The fourth-order valence-corrected chi connectivity index (χ4v) is 2.61. The highest BCUT2D eigenvalue weighted by molar-refractivity contribution is 6.11. The van der Waals surface area contributed by atoms with Gasteiger partial charge in [-0.1, -0.05) is 18.2 Å². The average Bonchev–Trinajstić information content (AvgIpc) is 3.16. The molecule has 0 aliphatic rings. The van der Waals surface area contributed by atoms with E-state index in [4.69, 9.17) is 0 Å². The van der Waals surface area contributed by atoms with Crippen molar-refractivity contribution in [3.63, 3.8) is 0 Å². The van der Waals surface area contributed by atoms with Crippen LogP contribution in [0.4, 0.5) is 5.69 Å². The molecule has 2 aromatic heterocycles. The molecular weight excluding hydrogens is 300 g/mol. The fraction of sp³-hybridized carbons (Fsp3) is 0. The van der Waals surface area contributed by atoms with Crippen LogP contribution in [0.1, 0.15) is 10.4 Å². The molecule has 0 saturated heterocycles. The summed E-state index contributed by atoms with van der Waals surface area (Å²) in [4.78, 5) is 20.9. The summed E-state index contributed by atoms with van der Waals surface area (Å²) in [5.74, 6) is -0.172. The van der Waals surface area contributed by atoms with Gasteiger partial charge in [0.1, 0.15) is 0 Å². The number of benzene rings is 2. The third kappa shape index (κ3) is 2.63. The molecular formula is C19H14N4O. The molecule has 0 saturated carbocycles. The Labute approximate surface area is 138 Å². The van der Waals surface area contributed by atoms with E-state index in [1.54, 1.807) is 24.8 Å². The van der Waals surface area contributed by atoms with Crippen LogP contribution in [0.2, 0.25) is 0 Å². The highest BCUT2D eigenvalue weighted by Crippen LogP contribution is 2.18. The Kier molecular flexibility index (Phi) is 3.51. The SMILES string of the molecule is O=C(Nc1ccc(-n2ccnc2)cc1)c1cccc2cccnc12. The number of hydrogen-bond donors (Lipinski definition) is 1. The van der Waals surface area contributed by atoms with Gasteiger partial charge in [-0.15, -0.1) is 0 Å². The summed E-state index contributed by atoms with van der Waals surface area (Å²) in [5.41, 5.74) is 2.98. The van der Waals surface area contributed by atoms with Crippen LogP contribution in [0.3, 0.4) is 0 Å². The first-order valence-corrected chi connectivity index (χ1v) is 7.55. The number of anilines is 1. The molecule has 1 N–H and O–H groups in total. The number of nitrogens with zero attached hydrogens (tertiary/aromatic N) is 3. The van der Waals surface area contributed by atoms with E-state index < -0.39 is 0 Å². The van der Waals surface area contributed by atoms with Crippen LogP contribution in [0, 0.1) is 0 Å². The van der Waals surface area contributed by atoms with E-state index in [1.165, 1.54) is 0 Å². The van der Waals surface area contributed by atoms with Crippen LogP contribution >= 0.6 is 0 Å². The number of fused-ring (bicyclic) bond motifs is 1. The molecule has 0 radical (unpaired) electrons. The molecule has 0 spiro atoms. The predicted molar refractivity (Wildman–Crippen MR) is 93.3 cm³/mol. The van der Waals surface area contributed by atoms with Gasteiger partial charge in [0, 0.05) is 35.4 Å². The molecule has 0 fully saturated rings. The van der Waals surface area contributed by atoms with E-state index in [0.29, 0.717) is 11.1 Å². The van der Waals surface area contributed by atoms with Crippen molar-refractivity contribution in [2.24, 2.45) is 0 Å². The first-order valence-electron chi connectivity index (χ1n) is 7.55. The lowest BCUT2D eigenvalue weighted by Gasteiger charge is -2.08. The predicted octanol–water partition coefficient (Wildman–Crippen LogP) is 3.67. The molecule has 5 heteroatoms. The molecule has 2 aromatic carbocycles. The van der Waals surface area contributed by atoms with E-state index in [-0.39, 0.29) is 5.91 Å². The minimum absolute atomic E-state index is 0.172. The Morgan fingerprint density at radius 1 is 0.958 bits per heavy atom. The quantitative estimate of drug-likeness (QED) is 0.627. The largest absolute Gasteiger partial charge is 0.322 e. The van der Waals surface area contributed by atoms with Crippen molar-refractivity contribution in [3.05, 3.63) is 85.1 Å². The maximum Gasteiger partial charge on any atom is 0.257 e. The number of hydrogen-bond acceptors (Lipinski definition) is 3. The summed E-state index contributed by atoms with van der Waals surface area (Å²) in [6.07, 6.45) is 7.02. The monoisotopic (exact) mass is 314 g/mol. The van der Waals surface area contributed by atoms with Crippen molar-refractivity contribution in [2.45, 2.75) is 0 Å². The molecule has 4 aromatic rings. The van der Waals surface area contributed by atoms with Crippen molar-refractivity contribution >= 4 is 22.5 Å². The highest BCUT2D eigenvalue weighted by atomic mass is 16.1. The smallest absolute Gasteiger partial charge is 0.257 e. The van der Waals surface area contributed by atoms with Crippen LogP contribution in [0.5, 0.6) is 0 Å². The summed E-state index contributed by atoms with van der Waals surface area (Å²) >= 11 is 0. The van der Waals surface area contributed by atoms with E-state index >= 15 is 0 Å². The van der Waals surface area contributed by atoms with Crippen molar-refractivity contribution < 1.29 is 4.79 Å². The number of imidazole rings is 1. The molecule has 1 amide bonds. The Morgan fingerprint density at radius 3 is 2.58 bits per heavy atom. The van der Waals surface area contributed by atoms with Gasteiger partial charge in [0.25, 0.3) is 5.91 Å². The zero-order valence-electron chi connectivity index (χ0n) is 12.8. The van der Waals surface area contributed by atoms with Gasteiger partial charge in [0.15, 0.2) is 0 Å². The lowest BCUT2D eigenvalue weighted by atomic mass is 10.1. The van der Waals surface area contributed by atoms with Gasteiger partial charge < -0.3 is 9.88 Å². The molecule has 2 heterocycles. The molecule has 0 atom stereocenters. The minimum Gasteiger partial charge on any atom is -0.322 e. The number of rotatable bonds is 3. The van der Waals surface area contributed by atoms with Crippen LogP contribution in [-0.2, 0) is 0 Å². The van der Waals surface area contributed by atoms with Crippen LogP contribution in [0.15, 0.2) is 79.5 Å². The fourth-order valence-electron chi connectivity index (χ4n) is 2.61. The summed E-state index contributed by atoms with van der Waals surface area (Å²) in [7, 11) is 0. The molecule has 0 bridgehead atoms. The van der Waals surface area contributed by atoms with E-state index in [1.807, 2.05) is 59.3 Å². The Morgan fingerprint density at radius 2 is 1.79 bits per heavy atom. The molecule has 0 aliphatic carbocycles. The first kappa shape index (κ1) is 14.1. The summed E-state index contributed by atoms with van der Waals surface area (Å²) < 4.78 is 1.90. The van der Waals surface area contributed by atoms with Crippen LogP contribution in [0.25, 0.3) is 16.6 Å². The second-order valence-electron chi connectivity index (χ2n) is 5.35.